The average Bonchev–Trinajstić information content (AvgIpc) is 2.95. The van der Waals surface area contributed by atoms with Gasteiger partial charge < -0.3 is 5.32 Å². The highest BCUT2D eigenvalue weighted by Crippen LogP contribution is 2.36. The van der Waals surface area contributed by atoms with E-state index in [9.17, 15) is 22.8 Å². The van der Waals surface area contributed by atoms with Gasteiger partial charge in [-0.05, 0) is 35.9 Å². The molecule has 1 heterocycles. The van der Waals surface area contributed by atoms with Crippen molar-refractivity contribution in [2.24, 2.45) is 0 Å². The monoisotopic (exact) mass is 504 g/mol. The minimum atomic E-state index is -4.65. The smallest absolute Gasteiger partial charge is 0.326 e. The first kappa shape index (κ1) is 23.6. The zero-order valence-electron chi connectivity index (χ0n) is 15.5. The lowest BCUT2D eigenvalue weighted by Crippen LogP contribution is -2.31. The Bertz CT molecular complexity index is 1090. The number of amides is 2. The van der Waals surface area contributed by atoms with Crippen molar-refractivity contribution in [3.8, 4) is 0 Å². The Kier molecular flexibility index (Phi) is 7.31. The summed E-state index contributed by atoms with van der Waals surface area (Å²) in [5.74, 6) is -0.937. The molecule has 11 heteroatoms. The first-order valence-corrected chi connectivity index (χ1v) is 10.7. The lowest BCUT2D eigenvalue weighted by Gasteiger charge is -2.15. The number of anilines is 1. The molecule has 4 nitrogen and oxygen atoms in total. The van der Waals surface area contributed by atoms with E-state index in [1.165, 1.54) is 11.0 Å². The number of alkyl halides is 3. The number of nitrogens with one attached hydrogen (secondary N) is 1. The molecule has 0 spiro atoms. The van der Waals surface area contributed by atoms with Crippen molar-refractivity contribution in [2.45, 2.75) is 12.6 Å². The maximum atomic E-state index is 13.0. The van der Waals surface area contributed by atoms with Gasteiger partial charge in [0.2, 0.25) is 5.91 Å². The van der Waals surface area contributed by atoms with Gasteiger partial charge in [0.1, 0.15) is 4.32 Å². The molecule has 1 N–H and O–H groups in total. The second kappa shape index (κ2) is 9.60. The molecule has 2 amide bonds. The predicted octanol–water partition coefficient (Wildman–Crippen LogP) is 6.24. The van der Waals surface area contributed by atoms with Crippen LogP contribution in [-0.2, 0) is 15.8 Å². The molecule has 0 unspecified atom stereocenters. The molecule has 0 aliphatic carbocycles. The van der Waals surface area contributed by atoms with Crippen molar-refractivity contribution in [3.63, 3.8) is 0 Å². The number of benzene rings is 2. The third-order valence-corrected chi connectivity index (χ3v) is 6.23. The number of carbonyl (C=O) groups is 2. The molecule has 162 valence electrons. The molecule has 0 atom stereocenters. The van der Waals surface area contributed by atoms with Gasteiger partial charge in [0.05, 0.1) is 15.5 Å². The van der Waals surface area contributed by atoms with Gasteiger partial charge in [0, 0.05) is 23.7 Å². The summed E-state index contributed by atoms with van der Waals surface area (Å²) >= 11 is 18.0. The first-order valence-electron chi connectivity index (χ1n) is 8.73. The van der Waals surface area contributed by atoms with Gasteiger partial charge in [-0.1, -0.05) is 65.4 Å². The highest BCUT2D eigenvalue weighted by molar-refractivity contribution is 8.26. The van der Waals surface area contributed by atoms with E-state index >= 15 is 0 Å². The third kappa shape index (κ3) is 5.79. The minimum Gasteiger partial charge on any atom is -0.326 e. The first-order chi connectivity index (χ1) is 14.6. The quantitative estimate of drug-likeness (QED) is 0.386. The Labute approximate surface area is 195 Å². The fraction of sp³-hybridized carbons (Fsp3) is 0.150. The average molecular weight is 505 g/mol. The number of carbonyl (C=O) groups excluding carboxylic acids is 2. The van der Waals surface area contributed by atoms with Gasteiger partial charge >= 0.3 is 6.18 Å². The topological polar surface area (TPSA) is 49.4 Å². The lowest BCUT2D eigenvalue weighted by molar-refractivity contribution is -0.137. The lowest BCUT2D eigenvalue weighted by atomic mass is 10.2. The number of hydrogen-bond acceptors (Lipinski definition) is 4. The van der Waals surface area contributed by atoms with Crippen LogP contribution in [0.1, 0.15) is 17.5 Å². The largest absolute Gasteiger partial charge is 0.417 e. The van der Waals surface area contributed by atoms with E-state index in [2.05, 4.69) is 5.32 Å². The normalized spacial score (nSPS) is 15.6. The van der Waals surface area contributed by atoms with E-state index in [0.29, 0.717) is 15.5 Å². The van der Waals surface area contributed by atoms with E-state index < -0.39 is 22.7 Å². The van der Waals surface area contributed by atoms with E-state index in [4.69, 9.17) is 35.4 Å². The van der Waals surface area contributed by atoms with Crippen molar-refractivity contribution in [1.82, 2.24) is 4.90 Å². The maximum absolute atomic E-state index is 13.0. The van der Waals surface area contributed by atoms with Gasteiger partial charge in [0.25, 0.3) is 5.91 Å². The summed E-state index contributed by atoms with van der Waals surface area (Å²) in [4.78, 5) is 26.5. The van der Waals surface area contributed by atoms with Crippen LogP contribution in [0.4, 0.5) is 18.9 Å². The van der Waals surface area contributed by atoms with E-state index in [1.807, 2.05) is 0 Å². The van der Waals surface area contributed by atoms with Gasteiger partial charge in [0.15, 0.2) is 0 Å². The number of nitrogens with zero attached hydrogens (tertiary/aromatic N) is 1. The fourth-order valence-electron chi connectivity index (χ4n) is 2.68. The summed E-state index contributed by atoms with van der Waals surface area (Å²) in [7, 11) is 0. The fourth-order valence-corrected chi connectivity index (χ4v) is 4.40. The van der Waals surface area contributed by atoms with Gasteiger partial charge in [-0.25, -0.2) is 0 Å². The molecule has 0 radical (unpaired) electrons. The number of hydrogen-bond donors (Lipinski definition) is 1. The Balaban J connectivity index is 1.64. The van der Waals surface area contributed by atoms with Crippen LogP contribution in [0.15, 0.2) is 47.4 Å². The highest BCUT2D eigenvalue weighted by Gasteiger charge is 2.34. The van der Waals surface area contributed by atoms with Crippen molar-refractivity contribution in [2.75, 3.05) is 11.9 Å². The molecular formula is C20H13Cl2F3N2O2S2. The second-order valence-electron chi connectivity index (χ2n) is 6.35. The van der Waals surface area contributed by atoms with Crippen molar-refractivity contribution < 1.29 is 22.8 Å². The number of thioether (sulfide) groups is 1. The Morgan fingerprint density at radius 2 is 1.87 bits per heavy atom. The molecule has 1 fully saturated rings. The SMILES string of the molecule is O=C(CCN1C(=O)C(=Cc2ccccc2Cl)SC1=S)Nc1ccc(Cl)c(C(F)(F)F)c1. The van der Waals surface area contributed by atoms with Crippen LogP contribution >= 0.6 is 47.2 Å². The number of halogens is 5. The number of thiocarbonyl (C=S) groups is 1. The molecule has 0 aromatic heterocycles. The summed E-state index contributed by atoms with van der Waals surface area (Å²) in [5.41, 5.74) is -0.440. The van der Waals surface area contributed by atoms with Crippen LogP contribution in [0.25, 0.3) is 6.08 Å². The van der Waals surface area contributed by atoms with Crippen LogP contribution in [0.2, 0.25) is 10.0 Å². The molecule has 2 aromatic carbocycles. The van der Waals surface area contributed by atoms with Gasteiger partial charge in [-0.3, -0.25) is 14.5 Å². The van der Waals surface area contributed by atoms with E-state index in [-0.39, 0.29) is 28.9 Å². The Morgan fingerprint density at radius 3 is 2.55 bits per heavy atom. The highest BCUT2D eigenvalue weighted by atomic mass is 35.5. The van der Waals surface area contributed by atoms with Crippen molar-refractivity contribution in [3.05, 3.63) is 68.5 Å². The molecule has 3 rings (SSSR count). The minimum absolute atomic E-state index is 0.0178. The zero-order valence-corrected chi connectivity index (χ0v) is 18.6. The maximum Gasteiger partial charge on any atom is 0.417 e. The zero-order chi connectivity index (χ0) is 22.8. The standard InChI is InChI=1S/C20H13Cl2F3N2O2S2/c21-14-4-2-1-3-11(14)9-16-18(29)27(19(30)31-16)8-7-17(28)26-12-5-6-15(22)13(10-12)20(23,24)25/h1-6,9-10H,7-8H2,(H,26,28). The number of rotatable bonds is 5. The molecule has 1 aliphatic rings. The molecule has 1 saturated heterocycles. The third-order valence-electron chi connectivity index (χ3n) is 4.18. The summed E-state index contributed by atoms with van der Waals surface area (Å²) in [6, 6.07) is 10.1. The second-order valence-corrected chi connectivity index (χ2v) is 8.84. The van der Waals surface area contributed by atoms with Crippen LogP contribution in [-0.4, -0.2) is 27.6 Å². The van der Waals surface area contributed by atoms with Crippen molar-refractivity contribution in [1.29, 1.82) is 0 Å². The van der Waals surface area contributed by atoms with E-state index in [1.54, 1.807) is 30.3 Å². The van der Waals surface area contributed by atoms with Gasteiger partial charge in [-0.2, -0.15) is 13.2 Å². The van der Waals surface area contributed by atoms with Crippen LogP contribution < -0.4 is 5.32 Å². The summed E-state index contributed by atoms with van der Waals surface area (Å²) in [5, 5.41) is 2.39. The van der Waals surface area contributed by atoms with E-state index in [0.717, 1.165) is 23.9 Å². The molecule has 0 bridgehead atoms. The van der Waals surface area contributed by atoms with Crippen LogP contribution in [0.5, 0.6) is 0 Å². The van der Waals surface area contributed by atoms with Crippen molar-refractivity contribution >= 4 is 75.1 Å². The molecule has 0 saturated carbocycles. The molecule has 31 heavy (non-hydrogen) atoms. The van der Waals surface area contributed by atoms with Gasteiger partial charge in [-0.15, -0.1) is 0 Å². The summed E-state index contributed by atoms with van der Waals surface area (Å²) in [6.45, 7) is -0.0178. The Hall–Kier alpha value is -2.07. The van der Waals surface area contributed by atoms with Crippen LogP contribution in [0.3, 0.4) is 0 Å². The molecular weight excluding hydrogens is 492 g/mol. The Morgan fingerprint density at radius 1 is 1.16 bits per heavy atom. The molecule has 2 aromatic rings. The predicted molar refractivity (Wildman–Crippen MR) is 121 cm³/mol. The molecule has 1 aliphatic heterocycles. The summed E-state index contributed by atoms with van der Waals surface area (Å²) in [6.07, 6.45) is -3.18. The van der Waals surface area contributed by atoms with Crippen LogP contribution in [0, 0.1) is 0 Å². The summed E-state index contributed by atoms with van der Waals surface area (Å²) < 4.78 is 39.1.